The molecule has 0 unspecified atom stereocenters. The normalized spacial score (nSPS) is 12.1. The molecule has 6 nitrogen and oxygen atoms in total. The zero-order chi connectivity index (χ0) is 20.2. The number of amides is 1. The predicted octanol–water partition coefficient (Wildman–Crippen LogP) is 4.68. The van der Waals surface area contributed by atoms with Crippen molar-refractivity contribution in [2.24, 2.45) is 0 Å². The summed E-state index contributed by atoms with van der Waals surface area (Å²) in [5.41, 5.74) is 0.0296. The van der Waals surface area contributed by atoms with Crippen LogP contribution in [0.15, 0.2) is 36.4 Å². The van der Waals surface area contributed by atoms with Gasteiger partial charge in [-0.1, -0.05) is 41.9 Å². The smallest absolute Gasteiger partial charge is 0.407 e. The zero-order valence-electron chi connectivity index (χ0n) is 15.2. The summed E-state index contributed by atoms with van der Waals surface area (Å²) < 4.78 is 14.4. The average Bonchev–Trinajstić information content (AvgIpc) is 2.60. The Hall–Kier alpha value is -2.85. The maximum Gasteiger partial charge on any atom is 0.407 e. The van der Waals surface area contributed by atoms with Gasteiger partial charge in [0.15, 0.2) is 11.6 Å². The van der Waals surface area contributed by atoms with Crippen LogP contribution in [0, 0.1) is 17.1 Å². The molecule has 0 radical (unpaired) electrons. The third-order valence-electron chi connectivity index (χ3n) is 3.97. The number of halogens is 2. The number of hydrogen-bond acceptors (Lipinski definition) is 4. The molecule has 1 amide bonds. The van der Waals surface area contributed by atoms with E-state index in [2.05, 4.69) is 10.3 Å². The van der Waals surface area contributed by atoms with Crippen molar-refractivity contribution in [3.8, 4) is 6.07 Å². The Morgan fingerprint density at radius 2 is 2.04 bits per heavy atom. The largest absolute Gasteiger partial charge is 0.465 e. The summed E-state index contributed by atoms with van der Waals surface area (Å²) >= 11 is 5.91. The lowest BCUT2D eigenvalue weighted by atomic mass is 10.0. The fraction of sp³-hybridized carbons (Fsp3) is 0.316. The molecule has 27 heavy (non-hydrogen) atoms. The monoisotopic (exact) mass is 390 g/mol. The third-order valence-corrected chi connectivity index (χ3v) is 4.26. The molecule has 0 bridgehead atoms. The van der Waals surface area contributed by atoms with Crippen molar-refractivity contribution in [1.82, 2.24) is 9.88 Å². The first kappa shape index (κ1) is 20.5. The van der Waals surface area contributed by atoms with Gasteiger partial charge in [0.05, 0.1) is 11.6 Å². The number of carbonyl (C=O) groups is 1. The molecule has 2 aromatic rings. The third kappa shape index (κ3) is 5.08. The molecule has 0 spiro atoms. The Balaban J connectivity index is 2.42. The first-order valence-electron chi connectivity index (χ1n) is 8.21. The number of nitrogens with zero attached hydrogens (tertiary/aromatic N) is 3. The van der Waals surface area contributed by atoms with Gasteiger partial charge in [-0.25, -0.2) is 14.2 Å². The molecule has 1 atom stereocenters. The Labute approximate surface area is 162 Å². The van der Waals surface area contributed by atoms with E-state index in [-0.39, 0.29) is 23.1 Å². The number of hydrogen-bond donors (Lipinski definition) is 2. The lowest BCUT2D eigenvalue weighted by Gasteiger charge is -2.36. The summed E-state index contributed by atoms with van der Waals surface area (Å²) in [6, 6.07) is 11.3. The molecule has 0 fully saturated rings. The van der Waals surface area contributed by atoms with Crippen LogP contribution < -0.4 is 5.32 Å². The van der Waals surface area contributed by atoms with Crippen LogP contribution in [-0.2, 0) is 0 Å². The molecule has 0 aliphatic carbocycles. The fourth-order valence-electron chi connectivity index (χ4n) is 2.55. The van der Waals surface area contributed by atoms with E-state index < -0.39 is 23.5 Å². The van der Waals surface area contributed by atoms with E-state index in [1.165, 1.54) is 4.90 Å². The van der Waals surface area contributed by atoms with Gasteiger partial charge in [-0.3, -0.25) is 0 Å². The van der Waals surface area contributed by atoms with Crippen LogP contribution in [0.25, 0.3) is 0 Å². The van der Waals surface area contributed by atoms with Crippen LogP contribution in [0.1, 0.15) is 37.9 Å². The van der Waals surface area contributed by atoms with E-state index in [0.29, 0.717) is 0 Å². The van der Waals surface area contributed by atoms with Crippen LogP contribution in [0.3, 0.4) is 0 Å². The molecule has 1 aromatic heterocycles. The highest BCUT2D eigenvalue weighted by atomic mass is 35.5. The minimum Gasteiger partial charge on any atom is -0.465 e. The molecule has 0 aliphatic rings. The number of nitrogens with one attached hydrogen (secondary N) is 1. The van der Waals surface area contributed by atoms with Crippen LogP contribution in [-0.4, -0.2) is 33.2 Å². The minimum atomic E-state index is -1.09. The highest BCUT2D eigenvalue weighted by molar-refractivity contribution is 6.30. The number of carboxylic acid groups (broad SMARTS) is 1. The van der Waals surface area contributed by atoms with Gasteiger partial charge in [-0.2, -0.15) is 5.26 Å². The highest BCUT2D eigenvalue weighted by Crippen LogP contribution is 2.27. The molecular weight excluding hydrogens is 371 g/mol. The molecule has 1 heterocycles. The summed E-state index contributed by atoms with van der Waals surface area (Å²) in [6.45, 7) is 5.39. The van der Waals surface area contributed by atoms with Gasteiger partial charge in [-0.05, 0) is 32.4 Å². The van der Waals surface area contributed by atoms with E-state index >= 15 is 0 Å². The molecule has 8 heteroatoms. The number of rotatable bonds is 5. The molecule has 2 N–H and O–H groups in total. The van der Waals surface area contributed by atoms with Crippen molar-refractivity contribution in [2.75, 3.05) is 11.9 Å². The summed E-state index contributed by atoms with van der Waals surface area (Å²) in [6.07, 6.45) is -1.09. The number of benzene rings is 1. The quantitative estimate of drug-likeness (QED) is 0.723. The van der Waals surface area contributed by atoms with Gasteiger partial charge >= 0.3 is 6.09 Å². The first-order chi connectivity index (χ1) is 12.6. The molecule has 1 aromatic carbocycles. The van der Waals surface area contributed by atoms with Gasteiger partial charge in [0.1, 0.15) is 11.2 Å². The van der Waals surface area contributed by atoms with Gasteiger partial charge in [0.2, 0.25) is 0 Å². The Morgan fingerprint density at radius 1 is 1.41 bits per heavy atom. The van der Waals surface area contributed by atoms with Crippen molar-refractivity contribution in [3.63, 3.8) is 0 Å². The average molecular weight is 391 g/mol. The van der Waals surface area contributed by atoms with Crippen LogP contribution in [0.4, 0.5) is 15.0 Å². The van der Waals surface area contributed by atoms with Crippen molar-refractivity contribution in [3.05, 3.63) is 58.5 Å². The fourth-order valence-corrected chi connectivity index (χ4v) is 2.73. The lowest BCUT2D eigenvalue weighted by molar-refractivity contribution is 0.0974. The van der Waals surface area contributed by atoms with Gasteiger partial charge in [-0.15, -0.1) is 0 Å². The second kappa shape index (κ2) is 8.23. The summed E-state index contributed by atoms with van der Waals surface area (Å²) in [7, 11) is 0. The Morgan fingerprint density at radius 3 is 2.56 bits per heavy atom. The lowest BCUT2D eigenvalue weighted by Crippen LogP contribution is -2.48. The second-order valence-electron chi connectivity index (χ2n) is 6.94. The van der Waals surface area contributed by atoms with Crippen LogP contribution in [0.5, 0.6) is 0 Å². The van der Waals surface area contributed by atoms with Gasteiger partial charge in [0, 0.05) is 12.1 Å². The van der Waals surface area contributed by atoms with E-state index in [1.54, 1.807) is 26.8 Å². The second-order valence-corrected chi connectivity index (χ2v) is 7.30. The topological polar surface area (TPSA) is 89.3 Å². The number of nitriles is 1. The molecule has 0 saturated carbocycles. The number of aromatic nitrogens is 1. The molecule has 2 rings (SSSR count). The summed E-state index contributed by atoms with van der Waals surface area (Å²) in [5, 5.41) is 21.3. The SMILES string of the molecule is CC(C)(C)N(C[C@H](Nc1nc(Cl)c(C#N)cc1F)c1ccccc1)C(=O)O. The molecule has 0 aliphatic heterocycles. The summed E-state index contributed by atoms with van der Waals surface area (Å²) in [4.78, 5) is 16.9. The standard InChI is InChI=1S/C19H20ClFN4O2/c1-19(2,3)25(18(26)27)11-15(12-7-5-4-6-8-12)23-17-14(21)9-13(10-22)16(20)24-17/h4-9,15H,11H2,1-3H3,(H,23,24)(H,26,27)/t15-/m0/s1. The highest BCUT2D eigenvalue weighted by Gasteiger charge is 2.30. The van der Waals surface area contributed by atoms with Crippen molar-refractivity contribution in [2.45, 2.75) is 32.4 Å². The maximum atomic E-state index is 14.4. The zero-order valence-corrected chi connectivity index (χ0v) is 16.0. The minimum absolute atomic E-state index is 0.0571. The van der Waals surface area contributed by atoms with E-state index in [4.69, 9.17) is 16.9 Å². The van der Waals surface area contributed by atoms with Crippen LogP contribution in [0.2, 0.25) is 5.15 Å². The van der Waals surface area contributed by atoms with Crippen molar-refractivity contribution < 1.29 is 14.3 Å². The summed E-state index contributed by atoms with van der Waals surface area (Å²) in [5.74, 6) is -0.887. The first-order valence-corrected chi connectivity index (χ1v) is 8.59. The number of pyridine rings is 1. The predicted molar refractivity (Wildman–Crippen MR) is 101 cm³/mol. The van der Waals surface area contributed by atoms with E-state index in [0.717, 1.165) is 11.6 Å². The Kier molecular flexibility index (Phi) is 6.24. The molecule has 0 saturated heterocycles. The van der Waals surface area contributed by atoms with Crippen molar-refractivity contribution in [1.29, 1.82) is 5.26 Å². The number of anilines is 1. The van der Waals surface area contributed by atoms with Gasteiger partial charge < -0.3 is 15.3 Å². The van der Waals surface area contributed by atoms with Crippen molar-refractivity contribution >= 4 is 23.5 Å². The maximum absolute atomic E-state index is 14.4. The Bertz CT molecular complexity index is 862. The van der Waals surface area contributed by atoms with E-state index in [1.807, 2.05) is 30.3 Å². The van der Waals surface area contributed by atoms with Gasteiger partial charge in [0.25, 0.3) is 0 Å². The van der Waals surface area contributed by atoms with Crippen LogP contribution >= 0.6 is 11.6 Å². The van der Waals surface area contributed by atoms with E-state index in [9.17, 15) is 14.3 Å². The molecular formula is C19H20ClFN4O2. The molecule has 142 valence electrons.